The van der Waals surface area contributed by atoms with Crippen molar-refractivity contribution < 1.29 is 23.7 Å². The van der Waals surface area contributed by atoms with Gasteiger partial charge in [-0.2, -0.15) is 5.10 Å². The molecule has 1 aliphatic rings. The van der Waals surface area contributed by atoms with Crippen molar-refractivity contribution in [2.75, 3.05) is 19.8 Å². The van der Waals surface area contributed by atoms with Crippen LogP contribution in [0.2, 0.25) is 5.02 Å². The van der Waals surface area contributed by atoms with Crippen molar-refractivity contribution in [1.29, 1.82) is 0 Å². The van der Waals surface area contributed by atoms with Crippen LogP contribution in [0, 0.1) is 0 Å². The Morgan fingerprint density at radius 2 is 1.96 bits per heavy atom. The number of carbonyl (C=O) groups excluding carboxylic acids is 1. The van der Waals surface area contributed by atoms with Crippen LogP contribution in [-0.4, -0.2) is 38.0 Å². The van der Waals surface area contributed by atoms with Crippen LogP contribution in [0.1, 0.15) is 19.4 Å². The van der Waals surface area contributed by atoms with Gasteiger partial charge in [0.05, 0.1) is 17.8 Å². The zero-order valence-corrected chi connectivity index (χ0v) is 16.4. The van der Waals surface area contributed by atoms with E-state index in [1.54, 1.807) is 43.3 Å². The van der Waals surface area contributed by atoms with Crippen molar-refractivity contribution in [2.45, 2.75) is 20.0 Å². The van der Waals surface area contributed by atoms with Gasteiger partial charge in [-0.3, -0.25) is 4.79 Å². The van der Waals surface area contributed by atoms with E-state index < -0.39 is 6.10 Å². The van der Waals surface area contributed by atoms with E-state index in [0.29, 0.717) is 47.7 Å². The molecule has 0 unspecified atom stereocenters. The largest absolute Gasteiger partial charge is 0.494 e. The summed E-state index contributed by atoms with van der Waals surface area (Å²) in [6, 6.07) is 10.5. The van der Waals surface area contributed by atoms with Gasteiger partial charge in [0.15, 0.2) is 17.6 Å². The maximum Gasteiger partial charge on any atom is 0.280 e. The molecule has 1 aliphatic heterocycles. The van der Waals surface area contributed by atoms with E-state index >= 15 is 0 Å². The van der Waals surface area contributed by atoms with Crippen LogP contribution in [0.4, 0.5) is 0 Å². The van der Waals surface area contributed by atoms with Crippen molar-refractivity contribution in [2.24, 2.45) is 5.10 Å². The highest BCUT2D eigenvalue weighted by atomic mass is 35.5. The number of ether oxygens (including phenoxy) is 4. The lowest BCUT2D eigenvalue weighted by atomic mass is 10.2. The fraction of sp³-hybridized carbons (Fsp3) is 0.300. The maximum atomic E-state index is 12.2. The minimum atomic E-state index is -0.723. The third-order valence-electron chi connectivity index (χ3n) is 3.82. The van der Waals surface area contributed by atoms with Crippen LogP contribution >= 0.6 is 11.6 Å². The number of hydrazone groups is 1. The third-order valence-corrected chi connectivity index (χ3v) is 4.11. The number of halogens is 1. The monoisotopic (exact) mass is 404 g/mol. The standard InChI is InChI=1S/C20H21ClN2O5/c1-3-25-15-4-6-16(7-5-15)28-13(2)20(24)23-22-12-14-10-17(21)19-18(11-14)26-8-9-27-19/h4-7,10-13H,3,8-9H2,1-2H3,(H,23,24)/b22-12-/t13-/m1/s1. The molecule has 8 heteroatoms. The first-order chi connectivity index (χ1) is 13.6. The number of nitrogens with one attached hydrogen (secondary N) is 1. The first-order valence-corrected chi connectivity index (χ1v) is 9.26. The number of rotatable bonds is 7. The van der Waals surface area contributed by atoms with E-state index in [1.807, 2.05) is 6.92 Å². The van der Waals surface area contributed by atoms with Crippen molar-refractivity contribution in [3.63, 3.8) is 0 Å². The zero-order valence-electron chi connectivity index (χ0n) is 15.6. The molecule has 2 aromatic rings. The molecule has 7 nitrogen and oxygen atoms in total. The van der Waals surface area contributed by atoms with Gasteiger partial charge < -0.3 is 18.9 Å². The molecule has 0 bridgehead atoms. The molecule has 1 heterocycles. The predicted molar refractivity (Wildman–Crippen MR) is 106 cm³/mol. The smallest absolute Gasteiger partial charge is 0.280 e. The Bertz CT molecular complexity index is 854. The summed E-state index contributed by atoms with van der Waals surface area (Å²) < 4.78 is 22.0. The summed E-state index contributed by atoms with van der Waals surface area (Å²) in [6.45, 7) is 5.06. The molecule has 0 saturated heterocycles. The van der Waals surface area contributed by atoms with Crippen molar-refractivity contribution in [3.05, 3.63) is 47.0 Å². The van der Waals surface area contributed by atoms with E-state index in [0.717, 1.165) is 5.75 Å². The van der Waals surface area contributed by atoms with E-state index in [9.17, 15) is 4.79 Å². The van der Waals surface area contributed by atoms with Crippen molar-refractivity contribution in [3.8, 4) is 23.0 Å². The first kappa shape index (κ1) is 19.8. The fourth-order valence-corrected chi connectivity index (χ4v) is 2.78. The highest BCUT2D eigenvalue weighted by molar-refractivity contribution is 6.32. The Morgan fingerprint density at radius 3 is 2.71 bits per heavy atom. The average Bonchev–Trinajstić information content (AvgIpc) is 2.69. The maximum absolute atomic E-state index is 12.2. The third kappa shape index (κ3) is 5.07. The van der Waals surface area contributed by atoms with Crippen LogP contribution in [0.3, 0.4) is 0 Å². The normalized spacial score (nSPS) is 13.8. The van der Waals surface area contributed by atoms with E-state index in [1.165, 1.54) is 6.21 Å². The van der Waals surface area contributed by atoms with E-state index in [-0.39, 0.29) is 5.91 Å². The highest BCUT2D eigenvalue weighted by Crippen LogP contribution is 2.37. The van der Waals surface area contributed by atoms with Gasteiger partial charge >= 0.3 is 0 Å². The van der Waals surface area contributed by atoms with Gasteiger partial charge in [0.2, 0.25) is 0 Å². The molecular weight excluding hydrogens is 384 g/mol. The average molecular weight is 405 g/mol. The van der Waals surface area contributed by atoms with Crippen molar-refractivity contribution in [1.82, 2.24) is 5.43 Å². The lowest BCUT2D eigenvalue weighted by Gasteiger charge is -2.19. The second kappa shape index (κ2) is 9.32. The summed E-state index contributed by atoms with van der Waals surface area (Å²) in [4.78, 5) is 12.2. The predicted octanol–water partition coefficient (Wildman–Crippen LogP) is 3.43. The molecule has 2 aromatic carbocycles. The number of benzene rings is 2. The van der Waals surface area contributed by atoms with Crippen LogP contribution < -0.4 is 24.4 Å². The number of carbonyl (C=O) groups is 1. The minimum absolute atomic E-state index is 0.381. The number of nitrogens with zero attached hydrogens (tertiary/aromatic N) is 1. The van der Waals surface area contributed by atoms with Gasteiger partial charge in [-0.15, -0.1) is 0 Å². The van der Waals surface area contributed by atoms with Gasteiger partial charge in [-0.25, -0.2) is 5.43 Å². The number of fused-ring (bicyclic) bond motifs is 1. The number of hydrogen-bond acceptors (Lipinski definition) is 6. The Hall–Kier alpha value is -2.93. The summed E-state index contributed by atoms with van der Waals surface area (Å²) in [5.41, 5.74) is 3.12. The van der Waals surface area contributed by atoms with Crippen LogP contribution in [0.5, 0.6) is 23.0 Å². The summed E-state index contributed by atoms with van der Waals surface area (Å²) in [5, 5.41) is 4.38. The number of hydrogen-bond donors (Lipinski definition) is 1. The molecule has 3 rings (SSSR count). The van der Waals surface area contributed by atoms with Gasteiger partial charge in [0.1, 0.15) is 24.7 Å². The molecule has 148 valence electrons. The summed E-state index contributed by atoms with van der Waals surface area (Å²) in [5.74, 6) is 2.00. The SMILES string of the molecule is CCOc1ccc(O[C@H](C)C(=O)N/N=C\c2cc(Cl)c3c(c2)OCCO3)cc1. The van der Waals surface area contributed by atoms with E-state index in [4.69, 9.17) is 30.5 Å². The second-order valence-corrected chi connectivity index (χ2v) is 6.33. The number of amides is 1. The Labute approximate surface area is 168 Å². The summed E-state index contributed by atoms with van der Waals surface area (Å²) in [7, 11) is 0. The zero-order chi connectivity index (χ0) is 19.9. The quantitative estimate of drug-likeness (QED) is 0.565. The van der Waals surface area contributed by atoms with Crippen LogP contribution in [0.15, 0.2) is 41.5 Å². The Balaban J connectivity index is 1.55. The molecule has 0 saturated carbocycles. The molecule has 0 aliphatic carbocycles. The van der Waals surface area contributed by atoms with Crippen molar-refractivity contribution >= 4 is 23.7 Å². The molecule has 0 spiro atoms. The first-order valence-electron chi connectivity index (χ1n) is 8.88. The van der Waals surface area contributed by atoms with Crippen LogP contribution in [0.25, 0.3) is 0 Å². The van der Waals surface area contributed by atoms with Gasteiger partial charge in [-0.1, -0.05) is 11.6 Å². The Kier molecular flexibility index (Phi) is 6.60. The fourth-order valence-electron chi connectivity index (χ4n) is 2.51. The molecule has 1 amide bonds. The second-order valence-electron chi connectivity index (χ2n) is 5.93. The van der Waals surface area contributed by atoms with Crippen LogP contribution in [-0.2, 0) is 4.79 Å². The lowest BCUT2D eigenvalue weighted by Crippen LogP contribution is -2.33. The molecule has 0 fully saturated rings. The molecule has 0 radical (unpaired) electrons. The van der Waals surface area contributed by atoms with Gasteiger partial charge in [0.25, 0.3) is 5.91 Å². The lowest BCUT2D eigenvalue weighted by molar-refractivity contribution is -0.127. The highest BCUT2D eigenvalue weighted by Gasteiger charge is 2.17. The van der Waals surface area contributed by atoms with Gasteiger partial charge in [-0.05, 0) is 55.8 Å². The Morgan fingerprint density at radius 1 is 1.25 bits per heavy atom. The molecule has 0 aromatic heterocycles. The molecule has 28 heavy (non-hydrogen) atoms. The molecule has 1 atom stereocenters. The topological polar surface area (TPSA) is 78.4 Å². The molecular formula is C20H21ClN2O5. The molecule has 1 N–H and O–H groups in total. The van der Waals surface area contributed by atoms with Gasteiger partial charge in [0, 0.05) is 0 Å². The summed E-state index contributed by atoms with van der Waals surface area (Å²) in [6.07, 6.45) is 0.755. The summed E-state index contributed by atoms with van der Waals surface area (Å²) >= 11 is 6.18. The van der Waals surface area contributed by atoms with E-state index in [2.05, 4.69) is 10.5 Å². The minimum Gasteiger partial charge on any atom is -0.494 e.